The molecule has 0 amide bonds. The van der Waals surface area contributed by atoms with Crippen LogP contribution in [-0.4, -0.2) is 5.16 Å². The van der Waals surface area contributed by atoms with E-state index in [4.69, 9.17) is 10.3 Å². The van der Waals surface area contributed by atoms with E-state index in [9.17, 15) is 0 Å². The number of benzene rings is 1. The summed E-state index contributed by atoms with van der Waals surface area (Å²) in [7, 11) is 0. The minimum atomic E-state index is 0.419. The number of rotatable bonds is 2. The molecule has 1 aromatic carbocycles. The Kier molecular flexibility index (Phi) is 3.60. The highest BCUT2D eigenvalue weighted by Crippen LogP contribution is 2.38. The monoisotopic (exact) mass is 320 g/mol. The lowest BCUT2D eigenvalue weighted by Gasteiger charge is -2.23. The summed E-state index contributed by atoms with van der Waals surface area (Å²) in [5, 5.41) is 3.72. The van der Waals surface area contributed by atoms with Crippen molar-refractivity contribution in [3.8, 4) is 11.3 Å². The zero-order valence-corrected chi connectivity index (χ0v) is 12.3. The van der Waals surface area contributed by atoms with E-state index in [1.807, 2.05) is 0 Å². The first-order valence-corrected chi connectivity index (χ1v) is 7.55. The van der Waals surface area contributed by atoms with Crippen molar-refractivity contribution in [2.45, 2.75) is 38.0 Å². The molecule has 1 aromatic heterocycles. The zero-order valence-electron chi connectivity index (χ0n) is 10.7. The molecule has 0 unspecified atom stereocenters. The first-order valence-electron chi connectivity index (χ1n) is 6.76. The summed E-state index contributed by atoms with van der Waals surface area (Å²) in [5.41, 5.74) is 8.01. The molecule has 1 heterocycles. The van der Waals surface area contributed by atoms with Crippen molar-refractivity contribution in [1.82, 2.24) is 5.16 Å². The molecule has 2 aromatic rings. The van der Waals surface area contributed by atoms with Gasteiger partial charge in [-0.1, -0.05) is 52.5 Å². The number of halogens is 1. The molecule has 100 valence electrons. The topological polar surface area (TPSA) is 52.0 Å². The molecule has 1 aliphatic rings. The lowest BCUT2D eigenvalue weighted by Crippen LogP contribution is -2.05. The van der Waals surface area contributed by atoms with E-state index >= 15 is 0 Å². The molecule has 1 saturated carbocycles. The first kappa shape index (κ1) is 12.7. The van der Waals surface area contributed by atoms with Gasteiger partial charge in [-0.15, -0.1) is 0 Å². The van der Waals surface area contributed by atoms with Crippen LogP contribution in [0.15, 0.2) is 33.3 Å². The molecular weight excluding hydrogens is 304 g/mol. The van der Waals surface area contributed by atoms with Crippen LogP contribution < -0.4 is 5.73 Å². The summed E-state index contributed by atoms with van der Waals surface area (Å²) in [6.07, 6.45) is 6.67. The van der Waals surface area contributed by atoms with Gasteiger partial charge in [0.05, 0.1) is 0 Å². The van der Waals surface area contributed by atoms with Crippen LogP contribution in [0, 0.1) is 0 Å². The van der Waals surface area contributed by atoms with Crippen LogP contribution in [-0.2, 0) is 0 Å². The molecule has 1 aliphatic carbocycles. The van der Waals surface area contributed by atoms with Gasteiger partial charge >= 0.3 is 0 Å². The van der Waals surface area contributed by atoms with Crippen molar-refractivity contribution >= 4 is 21.7 Å². The van der Waals surface area contributed by atoms with Crippen LogP contribution in [0.2, 0.25) is 0 Å². The van der Waals surface area contributed by atoms with E-state index in [2.05, 4.69) is 39.3 Å². The second-order valence-electron chi connectivity index (χ2n) is 5.19. The molecule has 0 radical (unpaired) electrons. The number of anilines is 1. The first-order chi connectivity index (χ1) is 9.24. The Morgan fingerprint density at radius 1 is 1.16 bits per heavy atom. The average Bonchev–Trinajstić information content (AvgIpc) is 2.86. The predicted molar refractivity (Wildman–Crippen MR) is 79.9 cm³/mol. The van der Waals surface area contributed by atoms with Gasteiger partial charge in [-0.25, -0.2) is 0 Å². The molecule has 2 N–H and O–H groups in total. The highest BCUT2D eigenvalue weighted by molar-refractivity contribution is 9.10. The quantitative estimate of drug-likeness (QED) is 0.869. The number of nitrogen functional groups attached to an aromatic ring is 1. The molecular formula is C15H17BrN2O. The van der Waals surface area contributed by atoms with Gasteiger partial charge in [-0.2, -0.15) is 0 Å². The van der Waals surface area contributed by atoms with Crippen LogP contribution in [0.1, 0.15) is 43.6 Å². The fourth-order valence-electron chi connectivity index (χ4n) is 2.85. The fraction of sp³-hybridized carbons (Fsp3) is 0.400. The van der Waals surface area contributed by atoms with Crippen molar-refractivity contribution in [3.63, 3.8) is 0 Å². The van der Waals surface area contributed by atoms with E-state index in [-0.39, 0.29) is 0 Å². The second-order valence-corrected chi connectivity index (χ2v) is 6.04. The molecule has 0 bridgehead atoms. The van der Waals surface area contributed by atoms with Crippen LogP contribution in [0.4, 0.5) is 5.82 Å². The van der Waals surface area contributed by atoms with Gasteiger partial charge in [0.25, 0.3) is 0 Å². The Bertz CT molecular complexity index is 573. The number of nitrogens with zero attached hydrogens (tertiary/aromatic N) is 1. The lowest BCUT2D eigenvalue weighted by molar-refractivity contribution is 0.435. The van der Waals surface area contributed by atoms with E-state index in [0.29, 0.717) is 17.5 Å². The normalized spacial score (nSPS) is 16.7. The van der Waals surface area contributed by atoms with Gasteiger partial charge in [0, 0.05) is 16.1 Å². The van der Waals surface area contributed by atoms with Crippen LogP contribution in [0.3, 0.4) is 0 Å². The third-order valence-electron chi connectivity index (χ3n) is 3.86. The molecule has 1 fully saturated rings. The molecule has 19 heavy (non-hydrogen) atoms. The van der Waals surface area contributed by atoms with Gasteiger partial charge in [0.2, 0.25) is 0 Å². The number of aromatic nitrogens is 1. The molecule has 0 atom stereocenters. The minimum Gasteiger partial charge on any atom is -0.381 e. The Labute approximate surface area is 121 Å². The highest BCUT2D eigenvalue weighted by Gasteiger charge is 2.18. The summed E-state index contributed by atoms with van der Waals surface area (Å²) < 4.78 is 6.35. The lowest BCUT2D eigenvalue weighted by atomic mass is 9.84. The second kappa shape index (κ2) is 5.37. The van der Waals surface area contributed by atoms with Crippen molar-refractivity contribution < 1.29 is 4.52 Å². The van der Waals surface area contributed by atoms with Gasteiger partial charge in [-0.3, -0.25) is 0 Å². The highest BCUT2D eigenvalue weighted by atomic mass is 79.9. The van der Waals surface area contributed by atoms with E-state index in [1.54, 1.807) is 6.07 Å². The maximum atomic E-state index is 5.58. The average molecular weight is 321 g/mol. The molecule has 0 saturated heterocycles. The summed E-state index contributed by atoms with van der Waals surface area (Å²) >= 11 is 3.69. The summed E-state index contributed by atoms with van der Waals surface area (Å²) in [6.45, 7) is 0. The summed E-state index contributed by atoms with van der Waals surface area (Å²) in [5.74, 6) is 1.83. The SMILES string of the molecule is Nc1cc(-c2ccc(C3CCCCC3)c(Br)c2)on1. The third kappa shape index (κ3) is 2.68. The van der Waals surface area contributed by atoms with Gasteiger partial charge < -0.3 is 10.3 Å². The number of hydrogen-bond acceptors (Lipinski definition) is 3. The van der Waals surface area contributed by atoms with Crippen molar-refractivity contribution in [3.05, 3.63) is 34.3 Å². The Morgan fingerprint density at radius 2 is 1.95 bits per heavy atom. The van der Waals surface area contributed by atoms with Crippen molar-refractivity contribution in [1.29, 1.82) is 0 Å². The maximum absolute atomic E-state index is 5.58. The smallest absolute Gasteiger partial charge is 0.169 e. The molecule has 0 spiro atoms. The Balaban J connectivity index is 1.89. The van der Waals surface area contributed by atoms with Gasteiger partial charge in [0.1, 0.15) is 0 Å². The van der Waals surface area contributed by atoms with Crippen molar-refractivity contribution in [2.24, 2.45) is 0 Å². The van der Waals surface area contributed by atoms with Gasteiger partial charge in [-0.05, 0) is 30.4 Å². The minimum absolute atomic E-state index is 0.419. The summed E-state index contributed by atoms with van der Waals surface area (Å²) in [6, 6.07) is 8.15. The molecule has 4 heteroatoms. The maximum Gasteiger partial charge on any atom is 0.169 e. The Hall–Kier alpha value is -1.29. The fourth-order valence-corrected chi connectivity index (χ4v) is 3.55. The van der Waals surface area contributed by atoms with Crippen LogP contribution >= 0.6 is 15.9 Å². The predicted octanol–water partition coefficient (Wildman–Crippen LogP) is 4.73. The summed E-state index contributed by atoms with van der Waals surface area (Å²) in [4.78, 5) is 0. The largest absolute Gasteiger partial charge is 0.381 e. The Morgan fingerprint density at radius 3 is 2.58 bits per heavy atom. The zero-order chi connectivity index (χ0) is 13.2. The van der Waals surface area contributed by atoms with E-state index in [0.717, 1.165) is 10.0 Å². The van der Waals surface area contributed by atoms with Crippen LogP contribution in [0.5, 0.6) is 0 Å². The van der Waals surface area contributed by atoms with E-state index < -0.39 is 0 Å². The third-order valence-corrected chi connectivity index (χ3v) is 4.55. The van der Waals surface area contributed by atoms with Crippen molar-refractivity contribution in [2.75, 3.05) is 5.73 Å². The number of hydrogen-bond donors (Lipinski definition) is 1. The number of nitrogens with two attached hydrogens (primary N) is 1. The standard InChI is InChI=1S/C15H17BrN2O/c16-13-8-11(14-9-15(17)18-19-14)6-7-12(13)10-4-2-1-3-5-10/h6-10H,1-5H2,(H2,17,18). The molecule has 0 aliphatic heterocycles. The van der Waals surface area contributed by atoms with E-state index in [1.165, 1.54) is 37.7 Å². The molecule has 3 nitrogen and oxygen atoms in total. The molecule has 3 rings (SSSR count). The van der Waals surface area contributed by atoms with Gasteiger partial charge in [0.15, 0.2) is 11.6 Å². The van der Waals surface area contributed by atoms with Crippen LogP contribution in [0.25, 0.3) is 11.3 Å².